The fourth-order valence-electron chi connectivity index (χ4n) is 2.62. The third-order valence-electron chi connectivity index (χ3n) is 3.65. The van der Waals surface area contributed by atoms with Crippen molar-refractivity contribution in [2.24, 2.45) is 5.92 Å². The maximum Gasteiger partial charge on any atom is 0.355 e. The van der Waals surface area contributed by atoms with E-state index < -0.39 is 22.0 Å². The first-order valence-corrected chi connectivity index (χ1v) is 9.59. The van der Waals surface area contributed by atoms with Gasteiger partial charge in [-0.15, -0.1) is 11.3 Å². The molecule has 0 radical (unpaired) electrons. The number of carbonyl (C=O) groups is 1. The first-order valence-electron chi connectivity index (χ1n) is 7.06. The Bertz CT molecular complexity index is 591. The molecule has 2 rings (SSSR count). The van der Waals surface area contributed by atoms with Crippen molar-refractivity contribution in [1.82, 2.24) is 9.71 Å². The third-order valence-corrected chi connectivity index (χ3v) is 6.30. The van der Waals surface area contributed by atoms with Crippen LogP contribution in [-0.2, 0) is 10.0 Å². The highest BCUT2D eigenvalue weighted by atomic mass is 32.2. The zero-order chi connectivity index (χ0) is 15.5. The number of nitrogens with one attached hydrogen (secondary N) is 1. The van der Waals surface area contributed by atoms with Crippen LogP contribution in [0.5, 0.6) is 0 Å². The van der Waals surface area contributed by atoms with E-state index in [1.807, 2.05) is 0 Å². The summed E-state index contributed by atoms with van der Waals surface area (Å²) in [7, 11) is -3.37. The van der Waals surface area contributed by atoms with Crippen molar-refractivity contribution in [3.63, 3.8) is 0 Å². The van der Waals surface area contributed by atoms with Crippen LogP contribution in [0.15, 0.2) is 5.38 Å². The molecule has 6 nitrogen and oxygen atoms in total. The summed E-state index contributed by atoms with van der Waals surface area (Å²) >= 11 is 1.15. The van der Waals surface area contributed by atoms with Crippen LogP contribution in [0.25, 0.3) is 0 Å². The van der Waals surface area contributed by atoms with Gasteiger partial charge < -0.3 is 5.11 Å². The molecular formula is C13H20N2O4S2. The van der Waals surface area contributed by atoms with Crippen LogP contribution in [0.2, 0.25) is 0 Å². The average molecular weight is 332 g/mol. The van der Waals surface area contributed by atoms with E-state index in [1.165, 1.54) is 11.8 Å². The molecule has 1 aromatic rings. The van der Waals surface area contributed by atoms with E-state index in [9.17, 15) is 13.2 Å². The maximum atomic E-state index is 12.2. The summed E-state index contributed by atoms with van der Waals surface area (Å²) in [6.07, 6.45) is 5.33. The molecule has 1 aliphatic carbocycles. The van der Waals surface area contributed by atoms with Crippen molar-refractivity contribution < 1.29 is 18.3 Å². The molecule has 1 aliphatic rings. The Kier molecular flexibility index (Phi) is 5.34. The van der Waals surface area contributed by atoms with Crippen LogP contribution < -0.4 is 4.72 Å². The number of hydrogen-bond donors (Lipinski definition) is 2. The van der Waals surface area contributed by atoms with Crippen LogP contribution in [0.1, 0.15) is 60.6 Å². The van der Waals surface area contributed by atoms with Crippen molar-refractivity contribution in [3.8, 4) is 0 Å². The van der Waals surface area contributed by atoms with E-state index in [0.29, 0.717) is 5.01 Å². The van der Waals surface area contributed by atoms with E-state index in [0.717, 1.165) is 37.0 Å². The van der Waals surface area contributed by atoms with Gasteiger partial charge in [0.05, 0.1) is 11.8 Å². The smallest absolute Gasteiger partial charge is 0.355 e. The molecule has 1 saturated carbocycles. The van der Waals surface area contributed by atoms with Crippen LogP contribution in [0.3, 0.4) is 0 Å². The van der Waals surface area contributed by atoms with Crippen molar-refractivity contribution in [1.29, 1.82) is 0 Å². The second-order valence-corrected chi connectivity index (χ2v) is 8.19. The minimum absolute atomic E-state index is 0.0478. The molecule has 1 atom stereocenters. The highest BCUT2D eigenvalue weighted by molar-refractivity contribution is 7.89. The maximum absolute atomic E-state index is 12.2. The third kappa shape index (κ3) is 4.76. The Morgan fingerprint density at radius 2 is 2.14 bits per heavy atom. The molecule has 8 heteroatoms. The molecule has 0 spiro atoms. The van der Waals surface area contributed by atoms with Gasteiger partial charge in [0, 0.05) is 5.38 Å². The summed E-state index contributed by atoms with van der Waals surface area (Å²) in [5.74, 6) is -0.724. The Morgan fingerprint density at radius 1 is 1.48 bits per heavy atom. The number of nitrogens with zero attached hydrogens (tertiary/aromatic N) is 1. The summed E-state index contributed by atoms with van der Waals surface area (Å²) in [4.78, 5) is 14.7. The number of aromatic nitrogens is 1. The molecule has 0 amide bonds. The second-order valence-electron chi connectivity index (χ2n) is 5.50. The molecule has 1 unspecified atom stereocenters. The number of thiazole rings is 1. The number of rotatable bonds is 6. The van der Waals surface area contributed by atoms with Crippen LogP contribution in [0.4, 0.5) is 0 Å². The molecule has 118 valence electrons. The van der Waals surface area contributed by atoms with Crippen molar-refractivity contribution in [2.45, 2.75) is 45.1 Å². The normalized spacial score (nSPS) is 18.5. The minimum atomic E-state index is -3.37. The van der Waals surface area contributed by atoms with Gasteiger partial charge in [0.1, 0.15) is 5.01 Å². The first kappa shape index (κ1) is 16.4. The van der Waals surface area contributed by atoms with Crippen LogP contribution in [-0.4, -0.2) is 30.2 Å². The topological polar surface area (TPSA) is 96.4 Å². The van der Waals surface area contributed by atoms with E-state index in [2.05, 4.69) is 9.71 Å². The van der Waals surface area contributed by atoms with E-state index in [-0.39, 0.29) is 17.4 Å². The summed E-state index contributed by atoms with van der Waals surface area (Å²) in [6.45, 7) is 1.68. The zero-order valence-corrected chi connectivity index (χ0v) is 13.5. The standard InChI is InChI=1S/C13H20N2O4S2/c1-9(12-14-11(7-20-12)13(16)17)15-21(18,19)8-10-5-3-2-4-6-10/h7,9-10,15H,2-6,8H2,1H3,(H,16,17). The largest absolute Gasteiger partial charge is 0.476 e. The summed E-state index contributed by atoms with van der Waals surface area (Å²) in [5, 5.41) is 10.7. The average Bonchev–Trinajstić information content (AvgIpc) is 2.88. The molecule has 0 aliphatic heterocycles. The Morgan fingerprint density at radius 3 is 2.71 bits per heavy atom. The highest BCUT2D eigenvalue weighted by Gasteiger charge is 2.24. The highest BCUT2D eigenvalue weighted by Crippen LogP contribution is 2.25. The predicted octanol–water partition coefficient (Wildman–Crippen LogP) is 2.40. The van der Waals surface area contributed by atoms with Crippen molar-refractivity contribution in [3.05, 3.63) is 16.1 Å². The number of hydrogen-bond acceptors (Lipinski definition) is 5. The molecule has 1 heterocycles. The quantitative estimate of drug-likeness (QED) is 0.834. The molecule has 1 fully saturated rings. The van der Waals surface area contributed by atoms with E-state index in [4.69, 9.17) is 5.11 Å². The number of carboxylic acids is 1. The number of aromatic carboxylic acids is 1. The molecule has 1 aromatic heterocycles. The van der Waals surface area contributed by atoms with Gasteiger partial charge in [0.15, 0.2) is 5.69 Å². The summed E-state index contributed by atoms with van der Waals surface area (Å²) in [5.41, 5.74) is -0.0478. The van der Waals surface area contributed by atoms with Gasteiger partial charge in [0.25, 0.3) is 0 Å². The fraction of sp³-hybridized carbons (Fsp3) is 0.692. The lowest BCUT2D eigenvalue weighted by molar-refractivity contribution is 0.0691. The monoisotopic (exact) mass is 332 g/mol. The second kappa shape index (κ2) is 6.85. The summed E-state index contributed by atoms with van der Waals surface area (Å²) in [6, 6.07) is -0.503. The van der Waals surface area contributed by atoms with Gasteiger partial charge in [-0.1, -0.05) is 19.3 Å². The lowest BCUT2D eigenvalue weighted by Gasteiger charge is -2.22. The SMILES string of the molecule is CC(NS(=O)(=O)CC1CCCCC1)c1nc(C(=O)O)cs1. The fourth-order valence-corrected chi connectivity index (χ4v) is 5.19. The molecule has 0 aromatic carbocycles. The predicted molar refractivity (Wildman–Crippen MR) is 81.0 cm³/mol. The molecule has 2 N–H and O–H groups in total. The summed E-state index contributed by atoms with van der Waals surface area (Å²) < 4.78 is 26.9. The van der Waals surface area contributed by atoms with Crippen LogP contribution >= 0.6 is 11.3 Å². The minimum Gasteiger partial charge on any atom is -0.476 e. The Hall–Kier alpha value is -0.990. The number of sulfonamides is 1. The van der Waals surface area contributed by atoms with Gasteiger partial charge in [-0.2, -0.15) is 0 Å². The number of carboxylic acid groups (broad SMARTS) is 1. The van der Waals surface area contributed by atoms with Gasteiger partial charge in [0.2, 0.25) is 10.0 Å². The van der Waals surface area contributed by atoms with Gasteiger partial charge in [-0.25, -0.2) is 22.9 Å². The van der Waals surface area contributed by atoms with E-state index in [1.54, 1.807) is 6.92 Å². The Balaban J connectivity index is 1.96. The van der Waals surface area contributed by atoms with Crippen molar-refractivity contribution in [2.75, 3.05) is 5.75 Å². The zero-order valence-electron chi connectivity index (χ0n) is 11.9. The van der Waals surface area contributed by atoms with Crippen molar-refractivity contribution >= 4 is 27.3 Å². The lowest BCUT2D eigenvalue weighted by Crippen LogP contribution is -2.32. The van der Waals surface area contributed by atoms with Gasteiger partial charge >= 0.3 is 5.97 Å². The molecular weight excluding hydrogens is 312 g/mol. The van der Waals surface area contributed by atoms with Gasteiger partial charge in [-0.05, 0) is 25.7 Å². The Labute approximate surface area is 128 Å². The first-order chi connectivity index (χ1) is 9.87. The lowest BCUT2D eigenvalue weighted by atomic mass is 9.91. The van der Waals surface area contributed by atoms with Gasteiger partial charge in [-0.3, -0.25) is 0 Å². The van der Waals surface area contributed by atoms with E-state index >= 15 is 0 Å². The molecule has 21 heavy (non-hydrogen) atoms. The molecule has 0 bridgehead atoms. The molecule has 0 saturated heterocycles. The van der Waals surface area contributed by atoms with Crippen LogP contribution in [0, 0.1) is 5.92 Å².